The molecule has 1 rings (SSSR count). The van der Waals surface area contributed by atoms with Gasteiger partial charge in [0.15, 0.2) is 0 Å². The molecule has 5 nitrogen and oxygen atoms in total. The SMILES string of the molecule is CCc1c(O)nc(C(N)CC)[nH]c1=O. The van der Waals surface area contributed by atoms with Gasteiger partial charge in [-0.25, -0.2) is 0 Å². The summed E-state index contributed by atoms with van der Waals surface area (Å²) in [5, 5.41) is 9.43. The van der Waals surface area contributed by atoms with Crippen molar-refractivity contribution in [2.75, 3.05) is 0 Å². The van der Waals surface area contributed by atoms with Crippen LogP contribution in [0.25, 0.3) is 0 Å². The van der Waals surface area contributed by atoms with Gasteiger partial charge in [-0.05, 0) is 12.8 Å². The molecule has 1 heterocycles. The van der Waals surface area contributed by atoms with E-state index < -0.39 is 0 Å². The maximum absolute atomic E-state index is 11.4. The maximum atomic E-state index is 11.4. The number of aromatic nitrogens is 2. The molecule has 5 heteroatoms. The number of aromatic hydroxyl groups is 1. The van der Waals surface area contributed by atoms with Gasteiger partial charge < -0.3 is 15.8 Å². The van der Waals surface area contributed by atoms with Crippen LogP contribution in [0.15, 0.2) is 4.79 Å². The third-order valence-electron chi connectivity index (χ3n) is 2.16. The Kier molecular flexibility index (Phi) is 3.24. The van der Waals surface area contributed by atoms with Crippen molar-refractivity contribution in [3.05, 3.63) is 21.7 Å². The highest BCUT2D eigenvalue weighted by Crippen LogP contribution is 2.13. The van der Waals surface area contributed by atoms with E-state index in [0.29, 0.717) is 24.2 Å². The third kappa shape index (κ3) is 1.93. The van der Waals surface area contributed by atoms with Gasteiger partial charge in [-0.1, -0.05) is 13.8 Å². The minimum Gasteiger partial charge on any atom is -0.493 e. The molecule has 1 aromatic heterocycles. The van der Waals surface area contributed by atoms with Crippen LogP contribution < -0.4 is 11.3 Å². The van der Waals surface area contributed by atoms with Crippen molar-refractivity contribution < 1.29 is 5.11 Å². The topological polar surface area (TPSA) is 92.0 Å². The van der Waals surface area contributed by atoms with E-state index in [1.54, 1.807) is 6.92 Å². The van der Waals surface area contributed by atoms with Crippen molar-refractivity contribution in [1.29, 1.82) is 0 Å². The van der Waals surface area contributed by atoms with Crippen LogP contribution >= 0.6 is 0 Å². The van der Waals surface area contributed by atoms with E-state index in [1.165, 1.54) is 0 Å². The summed E-state index contributed by atoms with van der Waals surface area (Å²) in [4.78, 5) is 17.8. The molecule has 0 bridgehead atoms. The van der Waals surface area contributed by atoms with Gasteiger partial charge in [0.1, 0.15) is 5.82 Å². The molecule has 4 N–H and O–H groups in total. The van der Waals surface area contributed by atoms with Gasteiger partial charge in [0.05, 0.1) is 11.6 Å². The Morgan fingerprint density at radius 2 is 2.21 bits per heavy atom. The second-order valence-corrected chi connectivity index (χ2v) is 3.12. The molecule has 0 aromatic carbocycles. The quantitative estimate of drug-likeness (QED) is 0.656. The van der Waals surface area contributed by atoms with Crippen LogP contribution in [0.1, 0.15) is 37.7 Å². The molecule has 0 aliphatic heterocycles. The summed E-state index contributed by atoms with van der Waals surface area (Å²) in [5.74, 6) is 0.127. The molecule has 0 radical (unpaired) electrons. The van der Waals surface area contributed by atoms with Crippen LogP contribution in [-0.2, 0) is 6.42 Å². The third-order valence-corrected chi connectivity index (χ3v) is 2.16. The number of hydrogen-bond donors (Lipinski definition) is 3. The summed E-state index contributed by atoms with van der Waals surface area (Å²) in [6, 6.07) is -0.334. The molecule has 0 amide bonds. The van der Waals surface area contributed by atoms with E-state index in [1.807, 2.05) is 6.92 Å². The van der Waals surface area contributed by atoms with Gasteiger partial charge in [0, 0.05) is 0 Å². The predicted molar refractivity (Wildman–Crippen MR) is 53.1 cm³/mol. The first-order valence-electron chi connectivity index (χ1n) is 4.67. The van der Waals surface area contributed by atoms with Crippen molar-refractivity contribution in [3.63, 3.8) is 0 Å². The first-order valence-corrected chi connectivity index (χ1v) is 4.67. The average molecular weight is 197 g/mol. The Balaban J connectivity index is 3.21. The Hall–Kier alpha value is -1.36. The molecule has 1 unspecified atom stereocenters. The lowest BCUT2D eigenvalue weighted by Crippen LogP contribution is -2.21. The Morgan fingerprint density at radius 3 is 2.64 bits per heavy atom. The largest absolute Gasteiger partial charge is 0.493 e. The fourth-order valence-corrected chi connectivity index (χ4v) is 1.19. The van der Waals surface area contributed by atoms with Crippen LogP contribution in [0.5, 0.6) is 5.88 Å². The number of nitrogens with zero attached hydrogens (tertiary/aromatic N) is 1. The van der Waals surface area contributed by atoms with E-state index >= 15 is 0 Å². The molecule has 0 spiro atoms. The monoisotopic (exact) mass is 197 g/mol. The molecule has 1 atom stereocenters. The van der Waals surface area contributed by atoms with Gasteiger partial charge in [-0.15, -0.1) is 0 Å². The van der Waals surface area contributed by atoms with Crippen LogP contribution in [-0.4, -0.2) is 15.1 Å². The van der Waals surface area contributed by atoms with Crippen molar-refractivity contribution in [3.8, 4) is 5.88 Å². The van der Waals surface area contributed by atoms with Gasteiger partial charge >= 0.3 is 0 Å². The minimum atomic E-state index is -0.334. The fourth-order valence-electron chi connectivity index (χ4n) is 1.19. The number of hydrogen-bond acceptors (Lipinski definition) is 4. The van der Waals surface area contributed by atoms with Crippen molar-refractivity contribution in [2.45, 2.75) is 32.7 Å². The van der Waals surface area contributed by atoms with E-state index in [-0.39, 0.29) is 17.5 Å². The number of nitrogens with two attached hydrogens (primary N) is 1. The standard InChI is InChI=1S/C9H15N3O2/c1-3-5-8(13)11-7(6(10)4-2)12-9(5)14/h6H,3-4,10H2,1-2H3,(H2,11,12,13,14). The number of H-pyrrole nitrogens is 1. The number of rotatable bonds is 3. The highest BCUT2D eigenvalue weighted by Gasteiger charge is 2.12. The van der Waals surface area contributed by atoms with Crippen molar-refractivity contribution >= 4 is 0 Å². The molecular formula is C9H15N3O2. The Morgan fingerprint density at radius 1 is 1.57 bits per heavy atom. The van der Waals surface area contributed by atoms with E-state index in [9.17, 15) is 9.90 Å². The van der Waals surface area contributed by atoms with Crippen molar-refractivity contribution in [2.24, 2.45) is 5.73 Å². The Labute approximate surface area is 82.0 Å². The molecule has 0 fully saturated rings. The van der Waals surface area contributed by atoms with E-state index in [2.05, 4.69) is 9.97 Å². The summed E-state index contributed by atoms with van der Waals surface area (Å²) in [6.45, 7) is 3.67. The Bertz CT molecular complexity index is 373. The predicted octanol–water partition coefficient (Wildman–Crippen LogP) is 0.448. The summed E-state index contributed by atoms with van der Waals surface area (Å²) in [5.41, 5.74) is 5.68. The molecule has 1 aromatic rings. The highest BCUT2D eigenvalue weighted by molar-refractivity contribution is 5.22. The van der Waals surface area contributed by atoms with Crippen LogP contribution in [0.3, 0.4) is 0 Å². The van der Waals surface area contributed by atoms with Gasteiger partial charge in [0.2, 0.25) is 5.88 Å². The van der Waals surface area contributed by atoms with E-state index in [4.69, 9.17) is 5.73 Å². The summed E-state index contributed by atoms with van der Waals surface area (Å²) < 4.78 is 0. The molecule has 0 aliphatic carbocycles. The second kappa shape index (κ2) is 4.23. The van der Waals surface area contributed by atoms with Crippen LogP contribution in [0.4, 0.5) is 0 Å². The zero-order valence-corrected chi connectivity index (χ0v) is 8.37. The number of nitrogens with one attached hydrogen (secondary N) is 1. The lowest BCUT2D eigenvalue weighted by atomic mass is 10.2. The second-order valence-electron chi connectivity index (χ2n) is 3.12. The summed E-state index contributed by atoms with van der Waals surface area (Å²) in [7, 11) is 0. The van der Waals surface area contributed by atoms with Gasteiger partial charge in [0.25, 0.3) is 5.56 Å². The molecule has 0 saturated carbocycles. The average Bonchev–Trinajstić information content (AvgIpc) is 2.16. The molecule has 0 saturated heterocycles. The smallest absolute Gasteiger partial charge is 0.257 e. The van der Waals surface area contributed by atoms with Gasteiger partial charge in [-0.2, -0.15) is 4.98 Å². The molecule has 0 aliphatic rings. The van der Waals surface area contributed by atoms with Crippen LogP contribution in [0, 0.1) is 0 Å². The lowest BCUT2D eigenvalue weighted by molar-refractivity contribution is 0.436. The summed E-state index contributed by atoms with van der Waals surface area (Å²) in [6.07, 6.45) is 1.11. The molecular weight excluding hydrogens is 182 g/mol. The van der Waals surface area contributed by atoms with Crippen molar-refractivity contribution in [1.82, 2.24) is 9.97 Å². The highest BCUT2D eigenvalue weighted by atomic mass is 16.3. The lowest BCUT2D eigenvalue weighted by Gasteiger charge is -2.09. The van der Waals surface area contributed by atoms with E-state index in [0.717, 1.165) is 0 Å². The molecule has 14 heavy (non-hydrogen) atoms. The molecule has 78 valence electrons. The normalized spacial score (nSPS) is 12.8. The summed E-state index contributed by atoms with van der Waals surface area (Å²) >= 11 is 0. The minimum absolute atomic E-state index is 0.213. The zero-order chi connectivity index (χ0) is 10.7. The van der Waals surface area contributed by atoms with Crippen LogP contribution in [0.2, 0.25) is 0 Å². The first-order chi connectivity index (χ1) is 6.60. The van der Waals surface area contributed by atoms with Gasteiger partial charge in [-0.3, -0.25) is 4.79 Å². The first kappa shape index (κ1) is 10.7. The number of aromatic amines is 1. The zero-order valence-electron chi connectivity index (χ0n) is 8.37. The fraction of sp³-hybridized carbons (Fsp3) is 0.556. The maximum Gasteiger partial charge on any atom is 0.257 e.